The zero-order valence-corrected chi connectivity index (χ0v) is 14.2. The molecule has 0 radical (unpaired) electrons. The fraction of sp³-hybridized carbons (Fsp3) is 0.294. The Morgan fingerprint density at radius 1 is 1.33 bits per heavy atom. The molecule has 126 valence electrons. The number of aryl methyl sites for hydroxylation is 2. The van der Waals surface area contributed by atoms with Gasteiger partial charge in [-0.2, -0.15) is 4.68 Å². The van der Waals surface area contributed by atoms with Crippen LogP contribution in [0.2, 0.25) is 0 Å². The number of nitrogens with zero attached hydrogens (tertiary/aromatic N) is 2. The minimum atomic E-state index is -0.871. The summed E-state index contributed by atoms with van der Waals surface area (Å²) in [6.45, 7) is 4.05. The summed E-state index contributed by atoms with van der Waals surface area (Å²) in [5, 5.41) is 16.1. The van der Waals surface area contributed by atoms with Crippen LogP contribution in [-0.2, 0) is 6.54 Å². The van der Waals surface area contributed by atoms with Gasteiger partial charge in [-0.3, -0.25) is 0 Å². The van der Waals surface area contributed by atoms with Gasteiger partial charge in [0.15, 0.2) is 0 Å². The number of rotatable bonds is 6. The van der Waals surface area contributed by atoms with Gasteiger partial charge in [0.25, 0.3) is 5.89 Å². The Morgan fingerprint density at radius 2 is 2.08 bits per heavy atom. The van der Waals surface area contributed by atoms with Crippen LogP contribution >= 0.6 is 11.3 Å². The van der Waals surface area contributed by atoms with Gasteiger partial charge in [-0.1, -0.05) is 12.1 Å². The van der Waals surface area contributed by atoms with Crippen LogP contribution in [0.15, 0.2) is 44.9 Å². The van der Waals surface area contributed by atoms with Gasteiger partial charge in [-0.05, 0) is 48.6 Å². The summed E-state index contributed by atoms with van der Waals surface area (Å²) >= 11 is 1.43. The molecule has 0 saturated heterocycles. The second-order valence-electron chi connectivity index (χ2n) is 5.62. The lowest BCUT2D eigenvalue weighted by Crippen LogP contribution is -2.29. The van der Waals surface area contributed by atoms with E-state index in [0.717, 1.165) is 20.7 Å². The summed E-state index contributed by atoms with van der Waals surface area (Å²) < 4.78 is 11.8. The Morgan fingerprint density at radius 3 is 2.75 bits per heavy atom. The largest absolute Gasteiger partial charge is 0.491 e. The number of benzene rings is 1. The Labute approximate surface area is 142 Å². The van der Waals surface area contributed by atoms with E-state index in [2.05, 4.69) is 5.10 Å². The molecule has 2 heterocycles. The topological polar surface area (TPSA) is 77.5 Å². The first kappa shape index (κ1) is 16.5. The fourth-order valence-electron chi connectivity index (χ4n) is 2.38. The van der Waals surface area contributed by atoms with E-state index in [1.807, 2.05) is 49.6 Å². The zero-order chi connectivity index (χ0) is 17.1. The van der Waals surface area contributed by atoms with E-state index in [1.165, 1.54) is 11.3 Å². The van der Waals surface area contributed by atoms with Crippen LogP contribution in [0.1, 0.15) is 11.1 Å². The molecule has 0 aliphatic rings. The average Bonchev–Trinajstić information content (AvgIpc) is 3.15. The predicted molar refractivity (Wildman–Crippen MR) is 91.5 cm³/mol. The van der Waals surface area contributed by atoms with E-state index in [0.29, 0.717) is 5.75 Å². The molecule has 1 aromatic carbocycles. The molecule has 0 aliphatic heterocycles. The van der Waals surface area contributed by atoms with Crippen LogP contribution in [0.5, 0.6) is 5.75 Å². The monoisotopic (exact) mass is 346 g/mol. The standard InChI is InChI=1S/C17H18N2O4S/c1-11-6-12(2)8-14(7-11)22-10-13(20)9-19-17(21)23-16(18-19)15-4-3-5-24-15/h3-8,13,20H,9-10H2,1-2H3. The predicted octanol–water partition coefficient (Wildman–Crippen LogP) is 2.62. The van der Waals surface area contributed by atoms with E-state index in [9.17, 15) is 9.90 Å². The van der Waals surface area contributed by atoms with E-state index < -0.39 is 11.9 Å². The number of thiophene rings is 1. The van der Waals surface area contributed by atoms with Crippen molar-refractivity contribution in [3.05, 3.63) is 57.4 Å². The van der Waals surface area contributed by atoms with Gasteiger partial charge in [0.05, 0.1) is 11.4 Å². The van der Waals surface area contributed by atoms with Gasteiger partial charge in [0.2, 0.25) is 0 Å². The molecule has 0 saturated carbocycles. The molecule has 1 atom stereocenters. The molecule has 1 unspecified atom stereocenters. The molecule has 7 heteroatoms. The van der Waals surface area contributed by atoms with Gasteiger partial charge in [-0.15, -0.1) is 16.4 Å². The third kappa shape index (κ3) is 3.93. The van der Waals surface area contributed by atoms with Gasteiger partial charge in [0, 0.05) is 0 Å². The summed E-state index contributed by atoms with van der Waals surface area (Å²) in [5.41, 5.74) is 2.18. The maximum atomic E-state index is 11.8. The summed E-state index contributed by atoms with van der Waals surface area (Å²) in [6.07, 6.45) is -0.871. The Hall–Kier alpha value is -2.38. The maximum absolute atomic E-state index is 11.8. The van der Waals surface area contributed by atoms with Crippen LogP contribution in [0.3, 0.4) is 0 Å². The van der Waals surface area contributed by atoms with Crippen molar-refractivity contribution in [2.45, 2.75) is 26.5 Å². The number of hydrogen-bond acceptors (Lipinski definition) is 6. The molecule has 0 amide bonds. The smallest absolute Gasteiger partial charge is 0.437 e. The highest BCUT2D eigenvalue weighted by molar-refractivity contribution is 7.13. The number of ether oxygens (including phenoxy) is 1. The third-order valence-electron chi connectivity index (χ3n) is 3.36. The average molecular weight is 346 g/mol. The van der Waals surface area contributed by atoms with Crippen molar-refractivity contribution in [3.63, 3.8) is 0 Å². The normalized spacial score (nSPS) is 12.3. The quantitative estimate of drug-likeness (QED) is 0.742. The van der Waals surface area contributed by atoms with E-state index in [1.54, 1.807) is 0 Å². The van der Waals surface area contributed by atoms with Crippen LogP contribution in [0, 0.1) is 13.8 Å². The molecular weight excluding hydrogens is 328 g/mol. The lowest BCUT2D eigenvalue weighted by Gasteiger charge is -2.12. The van der Waals surface area contributed by atoms with Crippen LogP contribution in [0.4, 0.5) is 0 Å². The van der Waals surface area contributed by atoms with Crippen molar-refractivity contribution >= 4 is 11.3 Å². The number of aliphatic hydroxyl groups is 1. The van der Waals surface area contributed by atoms with Crippen LogP contribution in [-0.4, -0.2) is 27.6 Å². The molecule has 3 aromatic rings. The SMILES string of the molecule is Cc1cc(C)cc(OCC(O)Cn2nc(-c3cccs3)oc2=O)c1. The van der Waals surface area contributed by atoms with E-state index >= 15 is 0 Å². The summed E-state index contributed by atoms with van der Waals surface area (Å²) in [4.78, 5) is 12.6. The van der Waals surface area contributed by atoms with E-state index in [-0.39, 0.29) is 19.0 Å². The lowest BCUT2D eigenvalue weighted by molar-refractivity contribution is 0.0875. The maximum Gasteiger partial charge on any atom is 0.437 e. The molecule has 1 N–H and O–H groups in total. The minimum absolute atomic E-state index is 0.0124. The van der Waals surface area contributed by atoms with E-state index in [4.69, 9.17) is 9.15 Å². The zero-order valence-electron chi connectivity index (χ0n) is 13.4. The molecule has 24 heavy (non-hydrogen) atoms. The Bertz CT molecular complexity index is 847. The summed E-state index contributed by atoms with van der Waals surface area (Å²) in [5.74, 6) is 0.361. The Kier molecular flexibility index (Phi) is 4.82. The van der Waals surface area contributed by atoms with Gasteiger partial charge >= 0.3 is 5.76 Å². The highest BCUT2D eigenvalue weighted by Gasteiger charge is 2.15. The second kappa shape index (κ2) is 7.02. The van der Waals surface area contributed by atoms with Gasteiger partial charge in [-0.25, -0.2) is 4.79 Å². The first-order valence-electron chi connectivity index (χ1n) is 7.52. The molecule has 6 nitrogen and oxygen atoms in total. The van der Waals surface area contributed by atoms with Crippen LogP contribution < -0.4 is 10.5 Å². The van der Waals surface area contributed by atoms with Gasteiger partial charge < -0.3 is 14.3 Å². The minimum Gasteiger partial charge on any atom is -0.491 e. The molecule has 0 bridgehead atoms. The molecular formula is C17H18N2O4S. The van der Waals surface area contributed by atoms with Crippen molar-refractivity contribution in [1.29, 1.82) is 0 Å². The van der Waals surface area contributed by atoms with Crippen molar-refractivity contribution in [2.75, 3.05) is 6.61 Å². The molecule has 2 aromatic heterocycles. The third-order valence-corrected chi connectivity index (χ3v) is 4.22. The first-order valence-corrected chi connectivity index (χ1v) is 8.40. The first-order chi connectivity index (χ1) is 11.5. The molecule has 0 spiro atoms. The molecule has 0 aliphatic carbocycles. The number of aromatic nitrogens is 2. The van der Waals surface area contributed by atoms with Gasteiger partial charge in [0.1, 0.15) is 18.5 Å². The summed E-state index contributed by atoms with van der Waals surface area (Å²) in [6, 6.07) is 9.52. The van der Waals surface area contributed by atoms with Crippen LogP contribution in [0.25, 0.3) is 10.8 Å². The highest BCUT2D eigenvalue weighted by Crippen LogP contribution is 2.21. The summed E-state index contributed by atoms with van der Waals surface area (Å²) in [7, 11) is 0. The fourth-order valence-corrected chi connectivity index (χ4v) is 3.03. The highest BCUT2D eigenvalue weighted by atomic mass is 32.1. The lowest BCUT2D eigenvalue weighted by atomic mass is 10.1. The Balaban J connectivity index is 1.63. The second-order valence-corrected chi connectivity index (χ2v) is 6.57. The molecule has 3 rings (SSSR count). The van der Waals surface area contributed by atoms with Crippen molar-refractivity contribution in [2.24, 2.45) is 0 Å². The van der Waals surface area contributed by atoms with Crippen molar-refractivity contribution in [3.8, 4) is 16.5 Å². The number of aliphatic hydroxyl groups excluding tert-OH is 1. The number of hydrogen-bond donors (Lipinski definition) is 1. The van der Waals surface area contributed by atoms with Crippen molar-refractivity contribution in [1.82, 2.24) is 9.78 Å². The van der Waals surface area contributed by atoms with Crippen molar-refractivity contribution < 1.29 is 14.3 Å². The molecule has 0 fully saturated rings.